The van der Waals surface area contributed by atoms with Crippen LogP contribution < -0.4 is 10.1 Å². The Morgan fingerprint density at radius 3 is 2.85 bits per heavy atom. The summed E-state index contributed by atoms with van der Waals surface area (Å²) >= 11 is 0. The third-order valence-corrected chi connectivity index (χ3v) is 2.29. The van der Waals surface area contributed by atoms with E-state index in [1.54, 1.807) is 24.3 Å². The van der Waals surface area contributed by atoms with E-state index in [0.717, 1.165) is 4.90 Å². The van der Waals surface area contributed by atoms with Gasteiger partial charge in [-0.15, -0.1) is 6.42 Å². The molecule has 2 amide bonds. The minimum Gasteiger partial charge on any atom is -0.494 e. The topological polar surface area (TPSA) is 78.9 Å². The van der Waals surface area contributed by atoms with Gasteiger partial charge in [-0.25, -0.2) is 4.79 Å². The molecule has 0 heterocycles. The van der Waals surface area contributed by atoms with Crippen molar-refractivity contribution in [3.63, 3.8) is 0 Å². The zero-order valence-electron chi connectivity index (χ0n) is 11.1. The fourth-order valence-electron chi connectivity index (χ4n) is 1.51. The summed E-state index contributed by atoms with van der Waals surface area (Å²) in [6, 6.07) is 6.24. The zero-order chi connectivity index (χ0) is 15.0. The number of anilines is 1. The van der Waals surface area contributed by atoms with Gasteiger partial charge in [0, 0.05) is 11.8 Å². The van der Waals surface area contributed by atoms with Gasteiger partial charge in [0.1, 0.15) is 12.3 Å². The normalized spacial score (nSPS) is 9.40. The number of carboxylic acids is 1. The highest BCUT2D eigenvalue weighted by Gasteiger charge is 2.15. The van der Waals surface area contributed by atoms with Crippen molar-refractivity contribution in [2.24, 2.45) is 0 Å². The van der Waals surface area contributed by atoms with Gasteiger partial charge in [0.25, 0.3) is 0 Å². The van der Waals surface area contributed by atoms with Crippen LogP contribution in [0.4, 0.5) is 10.5 Å². The molecule has 0 fully saturated rings. The molecule has 0 aliphatic carbocycles. The molecule has 6 nitrogen and oxygen atoms in total. The number of hydrogen-bond donors (Lipinski definition) is 2. The largest absolute Gasteiger partial charge is 0.494 e. The molecular formula is C14H16N2O4. The van der Waals surface area contributed by atoms with Crippen LogP contribution in [0.1, 0.15) is 6.92 Å². The molecule has 1 aromatic rings. The maximum Gasteiger partial charge on any atom is 0.323 e. The van der Waals surface area contributed by atoms with Gasteiger partial charge in [-0.05, 0) is 19.1 Å². The lowest BCUT2D eigenvalue weighted by molar-refractivity contribution is -0.137. The van der Waals surface area contributed by atoms with E-state index in [4.69, 9.17) is 16.3 Å². The van der Waals surface area contributed by atoms with Crippen molar-refractivity contribution in [2.45, 2.75) is 6.92 Å². The lowest BCUT2D eigenvalue weighted by atomic mass is 10.3. The molecule has 2 N–H and O–H groups in total. The fraction of sp³-hybridized carbons (Fsp3) is 0.286. The van der Waals surface area contributed by atoms with Crippen LogP contribution in [0.2, 0.25) is 0 Å². The van der Waals surface area contributed by atoms with E-state index in [0.29, 0.717) is 18.0 Å². The maximum atomic E-state index is 11.9. The second-order valence-electron chi connectivity index (χ2n) is 3.84. The van der Waals surface area contributed by atoms with E-state index in [1.165, 1.54) is 0 Å². The molecule has 1 rings (SSSR count). The summed E-state index contributed by atoms with van der Waals surface area (Å²) in [4.78, 5) is 23.6. The summed E-state index contributed by atoms with van der Waals surface area (Å²) in [5.74, 6) is 1.74. The molecule has 0 saturated carbocycles. The van der Waals surface area contributed by atoms with Crippen LogP contribution in [0.5, 0.6) is 5.75 Å². The molecule has 0 aliphatic rings. The lowest BCUT2D eigenvalue weighted by Crippen LogP contribution is -2.39. The predicted octanol–water partition coefficient (Wildman–Crippen LogP) is 1.64. The Labute approximate surface area is 117 Å². The number of nitrogens with one attached hydrogen (secondary N) is 1. The van der Waals surface area contributed by atoms with E-state index in [-0.39, 0.29) is 6.54 Å². The van der Waals surface area contributed by atoms with Gasteiger partial charge < -0.3 is 20.1 Å². The number of terminal acetylenes is 1. The third kappa shape index (κ3) is 4.90. The molecule has 20 heavy (non-hydrogen) atoms. The maximum absolute atomic E-state index is 11.9. The Morgan fingerprint density at radius 1 is 1.50 bits per heavy atom. The second kappa shape index (κ2) is 7.69. The molecule has 0 bridgehead atoms. The highest BCUT2D eigenvalue weighted by atomic mass is 16.5. The first kappa shape index (κ1) is 15.4. The Morgan fingerprint density at radius 2 is 2.25 bits per heavy atom. The Bertz CT molecular complexity index is 522. The van der Waals surface area contributed by atoms with Crippen molar-refractivity contribution in [3.8, 4) is 18.1 Å². The van der Waals surface area contributed by atoms with Gasteiger partial charge in [-0.1, -0.05) is 12.0 Å². The van der Waals surface area contributed by atoms with Crippen LogP contribution >= 0.6 is 0 Å². The van der Waals surface area contributed by atoms with Crippen molar-refractivity contribution in [2.75, 3.05) is 25.0 Å². The van der Waals surface area contributed by atoms with Crippen molar-refractivity contribution in [1.29, 1.82) is 0 Å². The molecule has 0 atom stereocenters. The number of carbonyl (C=O) groups is 2. The number of urea groups is 1. The van der Waals surface area contributed by atoms with Crippen molar-refractivity contribution >= 4 is 17.7 Å². The quantitative estimate of drug-likeness (QED) is 0.774. The van der Waals surface area contributed by atoms with Crippen molar-refractivity contribution in [1.82, 2.24) is 4.90 Å². The first-order valence-electron chi connectivity index (χ1n) is 6.00. The smallest absolute Gasteiger partial charge is 0.323 e. The minimum atomic E-state index is -1.13. The Hall–Kier alpha value is -2.68. The van der Waals surface area contributed by atoms with Gasteiger partial charge in [-0.3, -0.25) is 4.79 Å². The second-order valence-corrected chi connectivity index (χ2v) is 3.84. The van der Waals surface area contributed by atoms with E-state index in [1.807, 2.05) is 6.92 Å². The van der Waals surface area contributed by atoms with Gasteiger partial charge in [0.05, 0.1) is 13.2 Å². The van der Waals surface area contributed by atoms with Crippen LogP contribution in [-0.2, 0) is 4.79 Å². The van der Waals surface area contributed by atoms with Crippen molar-refractivity contribution < 1.29 is 19.4 Å². The van der Waals surface area contributed by atoms with E-state index >= 15 is 0 Å². The molecule has 6 heteroatoms. The van der Waals surface area contributed by atoms with Crippen LogP contribution in [0.15, 0.2) is 24.3 Å². The first-order valence-corrected chi connectivity index (χ1v) is 6.00. The van der Waals surface area contributed by atoms with E-state index in [2.05, 4.69) is 11.2 Å². The average Bonchev–Trinajstić information content (AvgIpc) is 2.38. The standard InChI is InChI=1S/C14H16N2O4/c1-3-8-16(10-13(17)18)14(19)15-11-6-5-7-12(9-11)20-4-2/h1,5-7,9H,4,8,10H2,2H3,(H,15,19)(H,17,18). The molecule has 0 unspecified atom stereocenters. The number of aliphatic carboxylic acids is 1. The third-order valence-electron chi connectivity index (χ3n) is 2.29. The number of carboxylic acid groups (broad SMARTS) is 1. The van der Waals surface area contributed by atoms with Crippen molar-refractivity contribution in [3.05, 3.63) is 24.3 Å². The highest BCUT2D eigenvalue weighted by molar-refractivity contribution is 5.91. The number of benzene rings is 1. The summed E-state index contributed by atoms with van der Waals surface area (Å²) in [6.45, 7) is 1.83. The van der Waals surface area contributed by atoms with Gasteiger partial charge >= 0.3 is 12.0 Å². The predicted molar refractivity (Wildman–Crippen MR) is 74.7 cm³/mol. The van der Waals surface area contributed by atoms with E-state index in [9.17, 15) is 9.59 Å². The van der Waals surface area contributed by atoms with Gasteiger partial charge in [0.2, 0.25) is 0 Å². The number of carbonyl (C=O) groups excluding carboxylic acids is 1. The molecule has 0 aromatic heterocycles. The number of nitrogens with zero attached hydrogens (tertiary/aromatic N) is 1. The van der Waals surface area contributed by atoms with Gasteiger partial charge in [0.15, 0.2) is 0 Å². The number of rotatable bonds is 6. The first-order chi connectivity index (χ1) is 9.56. The Kier molecular flexibility index (Phi) is 5.91. The minimum absolute atomic E-state index is 0.0801. The number of amides is 2. The van der Waals surface area contributed by atoms with Crippen LogP contribution in [0, 0.1) is 12.3 Å². The summed E-state index contributed by atoms with van der Waals surface area (Å²) in [6.07, 6.45) is 5.12. The molecule has 1 aromatic carbocycles. The molecular weight excluding hydrogens is 260 g/mol. The molecule has 0 saturated heterocycles. The zero-order valence-corrected chi connectivity index (χ0v) is 11.1. The van der Waals surface area contributed by atoms with Crippen LogP contribution in [0.3, 0.4) is 0 Å². The molecule has 0 spiro atoms. The number of hydrogen-bond acceptors (Lipinski definition) is 3. The van der Waals surface area contributed by atoms with Gasteiger partial charge in [-0.2, -0.15) is 0 Å². The molecule has 0 radical (unpaired) electrons. The highest BCUT2D eigenvalue weighted by Crippen LogP contribution is 2.17. The molecule has 106 valence electrons. The monoisotopic (exact) mass is 276 g/mol. The fourth-order valence-corrected chi connectivity index (χ4v) is 1.51. The van der Waals surface area contributed by atoms with E-state index < -0.39 is 18.5 Å². The molecule has 0 aliphatic heterocycles. The summed E-state index contributed by atoms with van der Waals surface area (Å²) in [7, 11) is 0. The summed E-state index contributed by atoms with van der Waals surface area (Å²) < 4.78 is 5.31. The Balaban J connectivity index is 2.74. The summed E-state index contributed by atoms with van der Waals surface area (Å²) in [5.41, 5.74) is 0.508. The van der Waals surface area contributed by atoms with Crippen LogP contribution in [0.25, 0.3) is 0 Å². The van der Waals surface area contributed by atoms with Crippen LogP contribution in [-0.4, -0.2) is 41.7 Å². The number of ether oxygens (including phenoxy) is 1. The SMILES string of the molecule is C#CCN(CC(=O)O)C(=O)Nc1cccc(OCC)c1. The lowest BCUT2D eigenvalue weighted by Gasteiger charge is -2.18. The summed E-state index contributed by atoms with van der Waals surface area (Å²) in [5, 5.41) is 11.3. The average molecular weight is 276 g/mol.